The van der Waals surface area contributed by atoms with Crippen molar-refractivity contribution in [3.8, 4) is 0 Å². The number of hydrogen-bond donors (Lipinski definition) is 1. The molecule has 7 heteroatoms. The fourth-order valence-corrected chi connectivity index (χ4v) is 4.09. The van der Waals surface area contributed by atoms with Crippen molar-refractivity contribution in [1.29, 1.82) is 0 Å². The summed E-state index contributed by atoms with van der Waals surface area (Å²) in [6.45, 7) is 3.35. The third-order valence-corrected chi connectivity index (χ3v) is 6.88. The average Bonchev–Trinajstić information content (AvgIpc) is 3.24. The third kappa shape index (κ3) is 3.31. The second-order valence-electron chi connectivity index (χ2n) is 6.39. The quantitative estimate of drug-likeness (QED) is 0.843. The van der Waals surface area contributed by atoms with Gasteiger partial charge in [0.05, 0.1) is 15.5 Å². The van der Waals surface area contributed by atoms with Crippen molar-refractivity contribution < 1.29 is 14.0 Å². The van der Waals surface area contributed by atoms with Crippen molar-refractivity contribution in [1.82, 2.24) is 10.2 Å². The van der Waals surface area contributed by atoms with E-state index in [-0.39, 0.29) is 22.6 Å². The third-order valence-electron chi connectivity index (χ3n) is 4.88. The van der Waals surface area contributed by atoms with Gasteiger partial charge in [0.25, 0.3) is 5.91 Å². The predicted octanol–water partition coefficient (Wildman–Crippen LogP) is 2.90. The average molecular weight is 401 g/mol. The van der Waals surface area contributed by atoms with Crippen LogP contribution in [-0.4, -0.2) is 46.8 Å². The Labute approximate surface area is 148 Å². The number of thioether (sulfide) groups is 1. The van der Waals surface area contributed by atoms with Crippen LogP contribution in [0.25, 0.3) is 0 Å². The summed E-state index contributed by atoms with van der Waals surface area (Å²) < 4.78 is 5.72. The Morgan fingerprint density at radius 1 is 1.48 bits per heavy atom. The van der Waals surface area contributed by atoms with Crippen molar-refractivity contribution in [3.63, 3.8) is 0 Å². The molecule has 2 amide bonds. The molecule has 1 aliphatic carbocycles. The molecule has 1 aliphatic heterocycles. The van der Waals surface area contributed by atoms with Crippen LogP contribution in [0.3, 0.4) is 0 Å². The number of likely N-dealkylation sites (tertiary alicyclic amines) is 1. The summed E-state index contributed by atoms with van der Waals surface area (Å²) in [6.07, 6.45) is 6.26. The molecule has 1 aromatic heterocycles. The molecular weight excluding hydrogens is 380 g/mol. The number of piperidine rings is 1. The number of rotatable bonds is 4. The number of carbonyl (C=O) groups excluding carboxylic acids is 2. The van der Waals surface area contributed by atoms with E-state index in [2.05, 4.69) is 28.2 Å². The molecular formula is C16H21BrN2O3S. The Kier molecular flexibility index (Phi) is 4.78. The second-order valence-corrected chi connectivity index (χ2v) is 8.44. The highest BCUT2D eigenvalue weighted by atomic mass is 79.9. The summed E-state index contributed by atoms with van der Waals surface area (Å²) in [5, 5.41) is 3.17. The standard InChI is InChI=1S/C16H21BrN2O3S/c1-10-3-7-19(14(20)13-11(17)4-8-22-13)9-12(10)18-15(21)16(23-2)5-6-16/h4,8,10,12H,3,5-7,9H2,1-2H3,(H,18,21). The predicted molar refractivity (Wildman–Crippen MR) is 93.5 cm³/mol. The molecule has 2 fully saturated rings. The fraction of sp³-hybridized carbons (Fsp3) is 0.625. The number of nitrogens with one attached hydrogen (secondary N) is 1. The SMILES string of the molecule is CSC1(C(=O)NC2CN(C(=O)c3occc3Br)CCC2C)CC1. The summed E-state index contributed by atoms with van der Waals surface area (Å²) in [5.41, 5.74) is 0. The van der Waals surface area contributed by atoms with Crippen molar-refractivity contribution in [2.24, 2.45) is 5.92 Å². The number of nitrogens with zero attached hydrogens (tertiary/aromatic N) is 1. The van der Waals surface area contributed by atoms with Gasteiger partial charge < -0.3 is 14.6 Å². The molecule has 0 aromatic carbocycles. The number of amides is 2. The minimum Gasteiger partial charge on any atom is -0.458 e. The maximum Gasteiger partial charge on any atom is 0.290 e. The Hall–Kier alpha value is -0.950. The lowest BCUT2D eigenvalue weighted by molar-refractivity contribution is -0.122. The summed E-state index contributed by atoms with van der Waals surface area (Å²) in [5.74, 6) is 0.683. The smallest absolute Gasteiger partial charge is 0.290 e. The van der Waals surface area contributed by atoms with Gasteiger partial charge in [0.1, 0.15) is 0 Å². The summed E-state index contributed by atoms with van der Waals surface area (Å²) in [6, 6.07) is 1.72. The fourth-order valence-electron chi connectivity index (χ4n) is 2.97. The Morgan fingerprint density at radius 2 is 2.22 bits per heavy atom. The van der Waals surface area contributed by atoms with Crippen molar-refractivity contribution in [3.05, 3.63) is 22.6 Å². The largest absolute Gasteiger partial charge is 0.458 e. The van der Waals surface area contributed by atoms with Gasteiger partial charge in [-0.25, -0.2) is 0 Å². The number of hydrogen-bond acceptors (Lipinski definition) is 4. The van der Waals surface area contributed by atoms with E-state index in [1.165, 1.54) is 6.26 Å². The van der Waals surface area contributed by atoms with Gasteiger partial charge in [-0.2, -0.15) is 0 Å². The van der Waals surface area contributed by atoms with E-state index in [9.17, 15) is 9.59 Å². The van der Waals surface area contributed by atoms with Crippen LogP contribution in [0.5, 0.6) is 0 Å². The zero-order valence-corrected chi connectivity index (χ0v) is 15.7. The van der Waals surface area contributed by atoms with Crippen LogP contribution in [0.4, 0.5) is 0 Å². The van der Waals surface area contributed by atoms with Crippen LogP contribution >= 0.6 is 27.7 Å². The Bertz CT molecular complexity index is 614. The summed E-state index contributed by atoms with van der Waals surface area (Å²) >= 11 is 4.96. The molecule has 0 spiro atoms. The molecule has 5 nitrogen and oxygen atoms in total. The second kappa shape index (κ2) is 6.51. The molecule has 0 bridgehead atoms. The zero-order valence-electron chi connectivity index (χ0n) is 13.3. The monoisotopic (exact) mass is 400 g/mol. The lowest BCUT2D eigenvalue weighted by Crippen LogP contribution is -2.55. The molecule has 126 valence electrons. The molecule has 23 heavy (non-hydrogen) atoms. The van der Waals surface area contributed by atoms with Crippen LogP contribution in [0.15, 0.2) is 21.2 Å². The van der Waals surface area contributed by atoms with Gasteiger partial charge in [-0.1, -0.05) is 6.92 Å². The highest BCUT2D eigenvalue weighted by Crippen LogP contribution is 2.47. The summed E-state index contributed by atoms with van der Waals surface area (Å²) in [4.78, 5) is 26.8. The molecule has 2 heterocycles. The highest BCUT2D eigenvalue weighted by molar-refractivity contribution is 9.10. The number of halogens is 1. The van der Waals surface area contributed by atoms with Gasteiger partial charge in [0.2, 0.25) is 11.7 Å². The first-order chi connectivity index (χ1) is 11.0. The molecule has 2 aliphatic rings. The minimum atomic E-state index is -0.226. The maximum absolute atomic E-state index is 12.6. The minimum absolute atomic E-state index is 0.00133. The van der Waals surface area contributed by atoms with E-state index >= 15 is 0 Å². The zero-order chi connectivity index (χ0) is 16.6. The van der Waals surface area contributed by atoms with E-state index in [4.69, 9.17) is 4.42 Å². The normalized spacial score (nSPS) is 26.0. The van der Waals surface area contributed by atoms with Crippen molar-refractivity contribution >= 4 is 39.5 Å². The van der Waals surface area contributed by atoms with Gasteiger partial charge in [-0.15, -0.1) is 11.8 Å². The van der Waals surface area contributed by atoms with Gasteiger partial charge >= 0.3 is 0 Å². The van der Waals surface area contributed by atoms with E-state index in [1.54, 1.807) is 22.7 Å². The number of furan rings is 1. The van der Waals surface area contributed by atoms with E-state index in [1.807, 2.05) is 6.26 Å². The molecule has 1 saturated heterocycles. The van der Waals surface area contributed by atoms with Gasteiger partial charge in [0, 0.05) is 19.1 Å². The van der Waals surface area contributed by atoms with E-state index in [0.717, 1.165) is 19.3 Å². The molecule has 2 atom stereocenters. The van der Waals surface area contributed by atoms with Crippen LogP contribution in [-0.2, 0) is 4.79 Å². The van der Waals surface area contributed by atoms with Gasteiger partial charge in [-0.05, 0) is 53.4 Å². The first-order valence-corrected chi connectivity index (χ1v) is 9.87. The van der Waals surface area contributed by atoms with Crippen molar-refractivity contribution in [2.45, 2.75) is 37.0 Å². The molecule has 1 N–H and O–H groups in total. The first kappa shape index (κ1) is 16.9. The van der Waals surface area contributed by atoms with Gasteiger partial charge in [-0.3, -0.25) is 9.59 Å². The highest BCUT2D eigenvalue weighted by Gasteiger charge is 2.50. The van der Waals surface area contributed by atoms with Crippen LogP contribution in [0.2, 0.25) is 0 Å². The topological polar surface area (TPSA) is 62.6 Å². The lowest BCUT2D eigenvalue weighted by Gasteiger charge is -2.37. The molecule has 2 unspecified atom stereocenters. The lowest BCUT2D eigenvalue weighted by atomic mass is 9.93. The Balaban J connectivity index is 1.66. The molecule has 1 saturated carbocycles. The Morgan fingerprint density at radius 3 is 2.78 bits per heavy atom. The van der Waals surface area contributed by atoms with Gasteiger partial charge in [0.15, 0.2) is 0 Å². The van der Waals surface area contributed by atoms with Crippen molar-refractivity contribution in [2.75, 3.05) is 19.3 Å². The van der Waals surface area contributed by atoms with Crippen LogP contribution in [0.1, 0.15) is 36.7 Å². The summed E-state index contributed by atoms with van der Waals surface area (Å²) in [7, 11) is 0. The van der Waals surface area contributed by atoms with E-state index < -0.39 is 0 Å². The van der Waals surface area contributed by atoms with E-state index in [0.29, 0.717) is 29.2 Å². The number of carbonyl (C=O) groups is 2. The molecule has 3 rings (SSSR count). The van der Waals surface area contributed by atoms with Crippen LogP contribution in [0, 0.1) is 5.92 Å². The maximum atomic E-state index is 12.6. The molecule has 1 aromatic rings. The van der Waals surface area contributed by atoms with Crippen LogP contribution < -0.4 is 5.32 Å². The molecule has 0 radical (unpaired) electrons. The first-order valence-electron chi connectivity index (χ1n) is 7.85.